The van der Waals surface area contributed by atoms with Crippen LogP contribution < -0.4 is 0 Å². The van der Waals surface area contributed by atoms with Crippen LogP contribution in [0.1, 0.15) is 11.1 Å². The van der Waals surface area contributed by atoms with E-state index in [9.17, 15) is 5.11 Å². The van der Waals surface area contributed by atoms with Crippen molar-refractivity contribution >= 4 is 0 Å². The molecule has 90 valence electrons. The molecule has 3 heteroatoms. The molecule has 0 aromatic heterocycles. The molecule has 0 saturated carbocycles. The number of hydrogen-bond acceptors (Lipinski definition) is 3. The third-order valence-electron chi connectivity index (χ3n) is 2.64. The van der Waals surface area contributed by atoms with E-state index in [2.05, 4.69) is 31.2 Å². The van der Waals surface area contributed by atoms with Gasteiger partial charge in [-0.2, -0.15) is 0 Å². The number of rotatable bonds is 6. The van der Waals surface area contributed by atoms with Crippen LogP contribution in [0.3, 0.4) is 0 Å². The Hall–Kier alpha value is -0.900. The predicted octanol–water partition coefficient (Wildman–Crippen LogP) is 0.823. The van der Waals surface area contributed by atoms with E-state index in [1.54, 1.807) is 0 Å². The lowest BCUT2D eigenvalue weighted by Crippen LogP contribution is -2.32. The van der Waals surface area contributed by atoms with E-state index in [1.165, 1.54) is 11.1 Å². The Labute approximate surface area is 97.3 Å². The summed E-state index contributed by atoms with van der Waals surface area (Å²) in [6.07, 6.45) is 0.331. The van der Waals surface area contributed by atoms with E-state index in [4.69, 9.17) is 5.11 Å². The van der Waals surface area contributed by atoms with Crippen LogP contribution >= 0.6 is 0 Å². The molecular weight excluding hydrogens is 202 g/mol. The normalized spacial score (nSPS) is 13.1. The average Bonchev–Trinajstić information content (AvgIpc) is 2.28. The van der Waals surface area contributed by atoms with Crippen LogP contribution in [-0.2, 0) is 6.42 Å². The van der Waals surface area contributed by atoms with Crippen molar-refractivity contribution in [3.63, 3.8) is 0 Å². The maximum absolute atomic E-state index is 9.27. The summed E-state index contributed by atoms with van der Waals surface area (Å²) >= 11 is 0. The molecule has 0 fully saturated rings. The minimum atomic E-state index is -0.636. The van der Waals surface area contributed by atoms with Crippen LogP contribution in [0.2, 0.25) is 0 Å². The van der Waals surface area contributed by atoms with Crippen LogP contribution in [0.5, 0.6) is 0 Å². The Kier molecular flexibility index (Phi) is 5.46. The zero-order chi connectivity index (χ0) is 12.0. The number of benzene rings is 1. The number of aliphatic hydroxyl groups excluding tert-OH is 2. The minimum absolute atomic E-state index is 0.172. The smallest absolute Gasteiger partial charge is 0.0897 e. The standard InChI is InChI=1S/C13H21NO2/c1-11-3-5-12(6-4-11)7-8-14(2)9-13(16)10-15/h3-6,13,15-16H,7-10H2,1-2H3. The van der Waals surface area contributed by atoms with Crippen LogP contribution in [0.15, 0.2) is 24.3 Å². The number of aliphatic hydroxyl groups is 2. The Morgan fingerprint density at radius 1 is 1.25 bits per heavy atom. The van der Waals surface area contributed by atoms with Gasteiger partial charge in [0, 0.05) is 13.1 Å². The van der Waals surface area contributed by atoms with Crippen molar-refractivity contribution in [1.29, 1.82) is 0 Å². The first-order chi connectivity index (χ1) is 7.61. The van der Waals surface area contributed by atoms with Crippen LogP contribution in [0, 0.1) is 6.92 Å². The summed E-state index contributed by atoms with van der Waals surface area (Å²) < 4.78 is 0. The van der Waals surface area contributed by atoms with Crippen molar-refractivity contribution < 1.29 is 10.2 Å². The fourth-order valence-electron chi connectivity index (χ4n) is 1.58. The summed E-state index contributed by atoms with van der Waals surface area (Å²) in [6, 6.07) is 8.48. The molecule has 1 atom stereocenters. The molecule has 0 amide bonds. The van der Waals surface area contributed by atoms with E-state index in [0.717, 1.165) is 13.0 Å². The van der Waals surface area contributed by atoms with Gasteiger partial charge in [-0.05, 0) is 26.0 Å². The van der Waals surface area contributed by atoms with Crippen molar-refractivity contribution in [3.05, 3.63) is 35.4 Å². The zero-order valence-electron chi connectivity index (χ0n) is 10.1. The van der Waals surface area contributed by atoms with Gasteiger partial charge in [0.25, 0.3) is 0 Å². The van der Waals surface area contributed by atoms with Gasteiger partial charge in [-0.3, -0.25) is 0 Å². The van der Waals surface area contributed by atoms with Gasteiger partial charge in [-0.25, -0.2) is 0 Å². The highest BCUT2D eigenvalue weighted by Gasteiger charge is 2.06. The van der Waals surface area contributed by atoms with Crippen molar-refractivity contribution in [2.45, 2.75) is 19.4 Å². The Morgan fingerprint density at radius 3 is 2.44 bits per heavy atom. The highest BCUT2D eigenvalue weighted by molar-refractivity contribution is 5.21. The quantitative estimate of drug-likeness (QED) is 0.750. The summed E-state index contributed by atoms with van der Waals surface area (Å²) in [6.45, 7) is 3.31. The van der Waals surface area contributed by atoms with Gasteiger partial charge in [0.1, 0.15) is 0 Å². The predicted molar refractivity (Wildman–Crippen MR) is 65.5 cm³/mol. The fraction of sp³-hybridized carbons (Fsp3) is 0.538. The number of likely N-dealkylation sites (N-methyl/N-ethyl adjacent to an activating group) is 1. The van der Waals surface area contributed by atoms with Gasteiger partial charge in [-0.15, -0.1) is 0 Å². The first-order valence-electron chi connectivity index (χ1n) is 5.65. The second-order valence-electron chi connectivity index (χ2n) is 4.33. The van der Waals surface area contributed by atoms with Crippen molar-refractivity contribution in [1.82, 2.24) is 4.90 Å². The van der Waals surface area contributed by atoms with Crippen LogP contribution in [0.25, 0.3) is 0 Å². The second-order valence-corrected chi connectivity index (χ2v) is 4.33. The largest absolute Gasteiger partial charge is 0.394 e. The summed E-state index contributed by atoms with van der Waals surface area (Å²) in [4.78, 5) is 2.03. The van der Waals surface area contributed by atoms with E-state index in [1.807, 2.05) is 11.9 Å². The maximum Gasteiger partial charge on any atom is 0.0897 e. The van der Waals surface area contributed by atoms with Gasteiger partial charge < -0.3 is 15.1 Å². The molecule has 0 aliphatic heterocycles. The van der Waals surface area contributed by atoms with Gasteiger partial charge >= 0.3 is 0 Å². The van der Waals surface area contributed by atoms with E-state index in [0.29, 0.717) is 6.54 Å². The first kappa shape index (κ1) is 13.2. The fourth-order valence-corrected chi connectivity index (χ4v) is 1.58. The minimum Gasteiger partial charge on any atom is -0.394 e. The Bertz CT molecular complexity index is 297. The third kappa shape index (κ3) is 4.75. The highest BCUT2D eigenvalue weighted by Crippen LogP contribution is 2.04. The number of nitrogens with zero attached hydrogens (tertiary/aromatic N) is 1. The lowest BCUT2D eigenvalue weighted by atomic mass is 10.1. The maximum atomic E-state index is 9.27. The van der Waals surface area contributed by atoms with Gasteiger partial charge in [-0.1, -0.05) is 29.8 Å². The molecule has 2 N–H and O–H groups in total. The third-order valence-corrected chi connectivity index (χ3v) is 2.64. The molecule has 0 radical (unpaired) electrons. The molecule has 1 rings (SSSR count). The lowest BCUT2D eigenvalue weighted by Gasteiger charge is -2.19. The Balaban J connectivity index is 2.31. The average molecular weight is 223 g/mol. The topological polar surface area (TPSA) is 43.7 Å². The molecule has 16 heavy (non-hydrogen) atoms. The van der Waals surface area contributed by atoms with Gasteiger partial charge in [0.2, 0.25) is 0 Å². The van der Waals surface area contributed by atoms with E-state index < -0.39 is 6.10 Å². The monoisotopic (exact) mass is 223 g/mol. The van der Waals surface area contributed by atoms with E-state index >= 15 is 0 Å². The molecular formula is C13H21NO2. The van der Waals surface area contributed by atoms with E-state index in [-0.39, 0.29) is 6.61 Å². The highest BCUT2D eigenvalue weighted by atomic mass is 16.3. The molecule has 0 bridgehead atoms. The molecule has 0 saturated heterocycles. The summed E-state index contributed by atoms with van der Waals surface area (Å²) in [7, 11) is 1.95. The van der Waals surface area contributed by atoms with Crippen molar-refractivity contribution in [3.8, 4) is 0 Å². The molecule has 0 heterocycles. The number of aryl methyl sites for hydroxylation is 1. The second kappa shape index (κ2) is 6.63. The molecule has 1 unspecified atom stereocenters. The lowest BCUT2D eigenvalue weighted by molar-refractivity contribution is 0.0669. The zero-order valence-corrected chi connectivity index (χ0v) is 10.1. The number of hydrogen-bond donors (Lipinski definition) is 2. The molecule has 0 aliphatic rings. The molecule has 1 aromatic rings. The molecule has 0 aliphatic carbocycles. The SMILES string of the molecule is Cc1ccc(CCN(C)CC(O)CO)cc1. The van der Waals surface area contributed by atoms with Gasteiger partial charge in [0.05, 0.1) is 12.7 Å². The van der Waals surface area contributed by atoms with Crippen molar-refractivity contribution in [2.24, 2.45) is 0 Å². The molecule has 1 aromatic carbocycles. The molecule has 0 spiro atoms. The first-order valence-corrected chi connectivity index (χ1v) is 5.65. The van der Waals surface area contributed by atoms with Gasteiger partial charge in [0.15, 0.2) is 0 Å². The summed E-state index contributed by atoms with van der Waals surface area (Å²) in [5.74, 6) is 0. The molecule has 3 nitrogen and oxygen atoms in total. The van der Waals surface area contributed by atoms with Crippen LogP contribution in [-0.4, -0.2) is 48.0 Å². The Morgan fingerprint density at radius 2 is 1.88 bits per heavy atom. The summed E-state index contributed by atoms with van der Waals surface area (Å²) in [5.41, 5.74) is 2.57. The van der Waals surface area contributed by atoms with Crippen molar-refractivity contribution in [2.75, 3.05) is 26.7 Å². The van der Waals surface area contributed by atoms with Crippen LogP contribution in [0.4, 0.5) is 0 Å². The summed E-state index contributed by atoms with van der Waals surface area (Å²) in [5, 5.41) is 18.0.